The normalized spacial score (nSPS) is 15.1. The standard InChI is InChI=1S/C23H29N3O3S/c1-17-6-7-19(15-18(17)2)22(27)25-21(16-20-5-3-14-30-20)23(28)24-8-4-9-26-10-12-29-13-11-26/h3,5-7,14-16H,4,8-13H2,1-2H3,(H,24,28)(H,25,27). The van der Waals surface area contributed by atoms with Crippen LogP contribution in [0.5, 0.6) is 0 Å². The van der Waals surface area contributed by atoms with Crippen molar-refractivity contribution in [3.8, 4) is 0 Å². The van der Waals surface area contributed by atoms with E-state index in [4.69, 9.17) is 4.74 Å². The Balaban J connectivity index is 1.61. The smallest absolute Gasteiger partial charge is 0.267 e. The van der Waals surface area contributed by atoms with Crippen molar-refractivity contribution in [2.45, 2.75) is 20.3 Å². The zero-order chi connectivity index (χ0) is 21.3. The number of hydrogen-bond donors (Lipinski definition) is 2. The van der Waals surface area contributed by atoms with Gasteiger partial charge in [-0.3, -0.25) is 14.5 Å². The largest absolute Gasteiger partial charge is 0.379 e. The Kier molecular flexibility index (Phi) is 8.19. The first-order valence-corrected chi connectivity index (χ1v) is 11.1. The molecule has 1 fully saturated rings. The van der Waals surface area contributed by atoms with E-state index >= 15 is 0 Å². The number of hydrogen-bond acceptors (Lipinski definition) is 5. The van der Waals surface area contributed by atoms with Crippen molar-refractivity contribution >= 4 is 29.2 Å². The molecule has 1 aliphatic rings. The van der Waals surface area contributed by atoms with Crippen LogP contribution in [0.3, 0.4) is 0 Å². The molecule has 1 saturated heterocycles. The lowest BCUT2D eigenvalue weighted by Crippen LogP contribution is -2.39. The Hall–Kier alpha value is -2.48. The molecule has 0 radical (unpaired) electrons. The van der Waals surface area contributed by atoms with Crippen LogP contribution in [0.4, 0.5) is 0 Å². The Labute approximate surface area is 181 Å². The van der Waals surface area contributed by atoms with Crippen molar-refractivity contribution in [2.75, 3.05) is 39.4 Å². The zero-order valence-corrected chi connectivity index (χ0v) is 18.4. The number of aryl methyl sites for hydroxylation is 2. The number of rotatable bonds is 8. The van der Waals surface area contributed by atoms with Crippen molar-refractivity contribution in [3.63, 3.8) is 0 Å². The van der Waals surface area contributed by atoms with Gasteiger partial charge in [-0.2, -0.15) is 0 Å². The Morgan fingerprint density at radius 2 is 1.97 bits per heavy atom. The van der Waals surface area contributed by atoms with Gasteiger partial charge in [-0.1, -0.05) is 12.1 Å². The number of thiophene rings is 1. The van der Waals surface area contributed by atoms with Gasteiger partial charge in [0.05, 0.1) is 13.2 Å². The SMILES string of the molecule is Cc1ccc(C(=O)NC(=Cc2cccs2)C(=O)NCCCN2CCOCC2)cc1C. The molecule has 160 valence electrons. The minimum atomic E-state index is -0.288. The summed E-state index contributed by atoms with van der Waals surface area (Å²) < 4.78 is 5.35. The van der Waals surface area contributed by atoms with Crippen LogP contribution in [0, 0.1) is 13.8 Å². The molecule has 0 aliphatic carbocycles. The van der Waals surface area contributed by atoms with Crippen molar-refractivity contribution in [3.05, 3.63) is 63.0 Å². The molecule has 6 nitrogen and oxygen atoms in total. The maximum atomic E-state index is 12.8. The van der Waals surface area contributed by atoms with Crippen LogP contribution in [0.15, 0.2) is 41.4 Å². The minimum absolute atomic E-state index is 0.257. The summed E-state index contributed by atoms with van der Waals surface area (Å²) in [6.07, 6.45) is 2.57. The lowest BCUT2D eigenvalue weighted by atomic mass is 10.1. The van der Waals surface area contributed by atoms with Gasteiger partial charge in [0.2, 0.25) is 0 Å². The van der Waals surface area contributed by atoms with E-state index in [1.165, 1.54) is 11.3 Å². The number of nitrogens with zero attached hydrogens (tertiary/aromatic N) is 1. The second-order valence-electron chi connectivity index (χ2n) is 7.39. The highest BCUT2D eigenvalue weighted by atomic mass is 32.1. The van der Waals surface area contributed by atoms with Crippen LogP contribution in [0.1, 0.15) is 32.8 Å². The number of benzene rings is 1. The van der Waals surface area contributed by atoms with Gasteiger partial charge >= 0.3 is 0 Å². The van der Waals surface area contributed by atoms with Crippen molar-refractivity contribution in [1.29, 1.82) is 0 Å². The second kappa shape index (κ2) is 11.1. The summed E-state index contributed by atoms with van der Waals surface area (Å²) in [5.74, 6) is -0.563. The fraction of sp³-hybridized carbons (Fsp3) is 0.391. The third kappa shape index (κ3) is 6.52. The van der Waals surface area contributed by atoms with Crippen LogP contribution in [-0.2, 0) is 9.53 Å². The molecule has 2 heterocycles. The van der Waals surface area contributed by atoms with Crippen molar-refractivity contribution in [1.82, 2.24) is 15.5 Å². The monoisotopic (exact) mass is 427 g/mol. The second-order valence-corrected chi connectivity index (χ2v) is 8.37. The van der Waals surface area contributed by atoms with Crippen LogP contribution in [0.25, 0.3) is 6.08 Å². The van der Waals surface area contributed by atoms with Crippen LogP contribution >= 0.6 is 11.3 Å². The summed E-state index contributed by atoms with van der Waals surface area (Å²) in [6, 6.07) is 9.37. The topological polar surface area (TPSA) is 70.7 Å². The minimum Gasteiger partial charge on any atom is -0.379 e. The number of morpholine rings is 1. The van der Waals surface area contributed by atoms with Gasteiger partial charge in [0.25, 0.3) is 11.8 Å². The summed E-state index contributed by atoms with van der Waals surface area (Å²) in [6.45, 7) is 8.85. The summed E-state index contributed by atoms with van der Waals surface area (Å²) in [5.41, 5.74) is 2.96. The van der Waals surface area contributed by atoms with E-state index in [9.17, 15) is 9.59 Å². The third-order valence-electron chi connectivity index (χ3n) is 5.13. The molecule has 30 heavy (non-hydrogen) atoms. The molecule has 0 bridgehead atoms. The van der Waals surface area contributed by atoms with E-state index < -0.39 is 0 Å². The summed E-state index contributed by atoms with van der Waals surface area (Å²) in [4.78, 5) is 28.8. The Morgan fingerprint density at radius 3 is 2.67 bits per heavy atom. The third-order valence-corrected chi connectivity index (χ3v) is 5.95. The summed E-state index contributed by atoms with van der Waals surface area (Å²) in [5, 5.41) is 7.67. The molecule has 0 unspecified atom stereocenters. The van der Waals surface area contributed by atoms with E-state index in [1.807, 2.05) is 43.5 Å². The Bertz CT molecular complexity index is 887. The van der Waals surface area contributed by atoms with Gasteiger partial charge in [-0.05, 0) is 67.6 Å². The van der Waals surface area contributed by atoms with Gasteiger partial charge in [0, 0.05) is 30.1 Å². The molecular weight excluding hydrogens is 398 g/mol. The Morgan fingerprint density at radius 1 is 1.17 bits per heavy atom. The lowest BCUT2D eigenvalue weighted by molar-refractivity contribution is -0.117. The zero-order valence-electron chi connectivity index (χ0n) is 17.6. The molecule has 0 atom stereocenters. The van der Waals surface area contributed by atoms with E-state index in [1.54, 1.807) is 12.1 Å². The molecule has 2 N–H and O–H groups in total. The van der Waals surface area contributed by atoms with E-state index in [-0.39, 0.29) is 17.5 Å². The van der Waals surface area contributed by atoms with Gasteiger partial charge in [-0.15, -0.1) is 11.3 Å². The fourth-order valence-corrected chi connectivity index (χ4v) is 3.83. The highest BCUT2D eigenvalue weighted by Gasteiger charge is 2.16. The van der Waals surface area contributed by atoms with Crippen molar-refractivity contribution < 1.29 is 14.3 Å². The molecule has 1 aromatic heterocycles. The highest BCUT2D eigenvalue weighted by Crippen LogP contribution is 2.14. The highest BCUT2D eigenvalue weighted by molar-refractivity contribution is 7.10. The van der Waals surface area contributed by atoms with Gasteiger partial charge < -0.3 is 15.4 Å². The van der Waals surface area contributed by atoms with E-state index in [2.05, 4.69) is 15.5 Å². The molecule has 2 amide bonds. The fourth-order valence-electron chi connectivity index (χ4n) is 3.18. The van der Waals surface area contributed by atoms with E-state index in [0.717, 1.165) is 55.3 Å². The first-order chi connectivity index (χ1) is 14.5. The molecule has 3 rings (SSSR count). The molecule has 0 saturated carbocycles. The first-order valence-electron chi connectivity index (χ1n) is 10.2. The average Bonchev–Trinajstić information content (AvgIpc) is 3.26. The van der Waals surface area contributed by atoms with Gasteiger partial charge in [0.15, 0.2) is 0 Å². The van der Waals surface area contributed by atoms with Crippen LogP contribution < -0.4 is 10.6 Å². The molecular formula is C23H29N3O3S. The molecule has 0 spiro atoms. The maximum Gasteiger partial charge on any atom is 0.267 e. The van der Waals surface area contributed by atoms with Crippen LogP contribution in [-0.4, -0.2) is 56.1 Å². The number of carbonyl (C=O) groups excluding carboxylic acids is 2. The predicted octanol–water partition coefficient (Wildman–Crippen LogP) is 2.97. The summed E-state index contributed by atoms with van der Waals surface area (Å²) >= 11 is 1.52. The number of ether oxygens (including phenoxy) is 1. The quantitative estimate of drug-likeness (QED) is 0.502. The molecule has 2 aromatic rings. The van der Waals surface area contributed by atoms with E-state index in [0.29, 0.717) is 12.1 Å². The summed E-state index contributed by atoms with van der Waals surface area (Å²) in [7, 11) is 0. The maximum absolute atomic E-state index is 12.8. The first kappa shape index (κ1) is 22.2. The number of nitrogens with one attached hydrogen (secondary N) is 2. The molecule has 7 heteroatoms. The van der Waals surface area contributed by atoms with Gasteiger partial charge in [-0.25, -0.2) is 0 Å². The number of amides is 2. The lowest BCUT2D eigenvalue weighted by Gasteiger charge is -2.26. The number of carbonyl (C=O) groups is 2. The average molecular weight is 428 g/mol. The van der Waals surface area contributed by atoms with Crippen LogP contribution in [0.2, 0.25) is 0 Å². The van der Waals surface area contributed by atoms with Crippen molar-refractivity contribution in [2.24, 2.45) is 0 Å². The predicted molar refractivity (Wildman–Crippen MR) is 121 cm³/mol. The molecule has 1 aromatic carbocycles. The molecule has 1 aliphatic heterocycles. The van der Waals surface area contributed by atoms with Gasteiger partial charge in [0.1, 0.15) is 5.70 Å².